The first-order valence-electron chi connectivity index (χ1n) is 5.63. The van der Waals surface area contributed by atoms with E-state index < -0.39 is 0 Å². The Bertz CT molecular complexity index is 559. The van der Waals surface area contributed by atoms with E-state index in [-0.39, 0.29) is 5.91 Å². The van der Waals surface area contributed by atoms with Gasteiger partial charge in [-0.3, -0.25) is 4.79 Å². The summed E-state index contributed by atoms with van der Waals surface area (Å²) in [6, 6.07) is 7.22. The molecular formula is C13H12Br2N2O2. The largest absolute Gasteiger partial charge is 0.469 e. The lowest BCUT2D eigenvalue weighted by atomic mass is 10.2. The van der Waals surface area contributed by atoms with Gasteiger partial charge in [0.15, 0.2) is 0 Å². The predicted octanol–water partition coefficient (Wildman–Crippen LogP) is 3.96. The number of furan rings is 1. The zero-order chi connectivity index (χ0) is 13.8. The van der Waals surface area contributed by atoms with Crippen LogP contribution in [0.5, 0.6) is 0 Å². The molecule has 0 saturated carbocycles. The van der Waals surface area contributed by atoms with E-state index in [0.29, 0.717) is 24.2 Å². The number of hydrogen-bond acceptors (Lipinski definition) is 3. The van der Waals surface area contributed by atoms with E-state index in [4.69, 9.17) is 10.2 Å². The van der Waals surface area contributed by atoms with Crippen molar-refractivity contribution in [2.45, 2.75) is 12.8 Å². The summed E-state index contributed by atoms with van der Waals surface area (Å²) in [7, 11) is 0. The minimum atomic E-state index is -0.105. The van der Waals surface area contributed by atoms with Crippen LogP contribution in [0.4, 0.5) is 11.4 Å². The van der Waals surface area contributed by atoms with Gasteiger partial charge < -0.3 is 15.5 Å². The van der Waals surface area contributed by atoms with Crippen molar-refractivity contribution in [3.8, 4) is 0 Å². The number of carbonyl (C=O) groups excluding carboxylic acids is 1. The molecule has 1 heterocycles. The molecule has 0 spiro atoms. The number of hydrogen-bond donors (Lipinski definition) is 2. The monoisotopic (exact) mass is 386 g/mol. The van der Waals surface area contributed by atoms with Crippen molar-refractivity contribution in [1.82, 2.24) is 0 Å². The highest BCUT2D eigenvalue weighted by molar-refractivity contribution is 9.11. The maximum Gasteiger partial charge on any atom is 0.224 e. The maximum atomic E-state index is 11.9. The van der Waals surface area contributed by atoms with Gasteiger partial charge >= 0.3 is 0 Å². The van der Waals surface area contributed by atoms with Gasteiger partial charge in [0.25, 0.3) is 0 Å². The van der Waals surface area contributed by atoms with Crippen molar-refractivity contribution in [2.75, 3.05) is 11.1 Å². The van der Waals surface area contributed by atoms with Gasteiger partial charge in [-0.05, 0) is 40.2 Å². The zero-order valence-electron chi connectivity index (χ0n) is 9.95. The lowest BCUT2D eigenvalue weighted by Crippen LogP contribution is -2.14. The minimum absolute atomic E-state index is 0.105. The highest BCUT2D eigenvalue weighted by atomic mass is 79.9. The molecule has 0 aliphatic rings. The first-order valence-corrected chi connectivity index (χ1v) is 7.21. The Kier molecular flexibility index (Phi) is 4.66. The molecule has 19 heavy (non-hydrogen) atoms. The summed E-state index contributed by atoms with van der Waals surface area (Å²) in [5, 5.41) is 2.79. The Morgan fingerprint density at radius 2 is 2.16 bits per heavy atom. The number of amides is 1. The molecule has 1 aromatic carbocycles. The minimum Gasteiger partial charge on any atom is -0.469 e. The van der Waals surface area contributed by atoms with Gasteiger partial charge in [0.05, 0.1) is 17.6 Å². The topological polar surface area (TPSA) is 68.3 Å². The number of anilines is 2. The van der Waals surface area contributed by atoms with E-state index in [1.54, 1.807) is 18.4 Å². The summed E-state index contributed by atoms with van der Waals surface area (Å²) in [6.45, 7) is 0. The number of nitrogens with two attached hydrogens (primary N) is 1. The van der Waals surface area contributed by atoms with Crippen molar-refractivity contribution in [2.24, 2.45) is 0 Å². The highest BCUT2D eigenvalue weighted by Gasteiger charge is 2.10. The third kappa shape index (κ3) is 3.84. The maximum absolute atomic E-state index is 11.9. The van der Waals surface area contributed by atoms with Gasteiger partial charge in [-0.25, -0.2) is 0 Å². The van der Waals surface area contributed by atoms with Crippen molar-refractivity contribution in [3.63, 3.8) is 0 Å². The SMILES string of the molecule is Nc1cc(Br)cc(Br)c1NC(=O)CCc1ccco1. The molecule has 0 aliphatic carbocycles. The zero-order valence-corrected chi connectivity index (χ0v) is 13.1. The van der Waals surface area contributed by atoms with Gasteiger partial charge in [0.1, 0.15) is 5.76 Å². The van der Waals surface area contributed by atoms with Gasteiger partial charge in [-0.1, -0.05) is 15.9 Å². The molecule has 1 amide bonds. The van der Waals surface area contributed by atoms with Crippen LogP contribution in [0.2, 0.25) is 0 Å². The molecular weight excluding hydrogens is 376 g/mol. The van der Waals surface area contributed by atoms with E-state index in [1.807, 2.05) is 12.1 Å². The fourth-order valence-electron chi connectivity index (χ4n) is 1.62. The molecule has 0 aliphatic heterocycles. The second kappa shape index (κ2) is 6.25. The Balaban J connectivity index is 1.99. The third-order valence-electron chi connectivity index (χ3n) is 2.53. The van der Waals surface area contributed by atoms with Gasteiger partial charge in [0, 0.05) is 21.8 Å². The molecule has 0 saturated heterocycles. The average molecular weight is 388 g/mol. The Labute approximate surface area is 127 Å². The molecule has 3 N–H and O–H groups in total. The molecule has 6 heteroatoms. The van der Waals surface area contributed by atoms with E-state index in [9.17, 15) is 4.79 Å². The highest BCUT2D eigenvalue weighted by Crippen LogP contribution is 2.32. The number of nitrogen functional groups attached to an aromatic ring is 1. The van der Waals surface area contributed by atoms with Gasteiger partial charge in [-0.15, -0.1) is 0 Å². The van der Waals surface area contributed by atoms with Gasteiger partial charge in [-0.2, -0.15) is 0 Å². The van der Waals surface area contributed by atoms with Crippen molar-refractivity contribution in [1.29, 1.82) is 0 Å². The Hall–Kier alpha value is -1.27. The molecule has 0 unspecified atom stereocenters. The van der Waals surface area contributed by atoms with Crippen molar-refractivity contribution >= 4 is 49.1 Å². The van der Waals surface area contributed by atoms with E-state index in [1.165, 1.54) is 0 Å². The quantitative estimate of drug-likeness (QED) is 0.780. The average Bonchev–Trinajstić information content (AvgIpc) is 2.84. The van der Waals surface area contributed by atoms with E-state index in [2.05, 4.69) is 37.2 Å². The lowest BCUT2D eigenvalue weighted by molar-refractivity contribution is -0.116. The van der Waals surface area contributed by atoms with Crippen LogP contribution < -0.4 is 11.1 Å². The van der Waals surface area contributed by atoms with Crippen molar-refractivity contribution in [3.05, 3.63) is 45.2 Å². The Morgan fingerprint density at radius 1 is 1.37 bits per heavy atom. The predicted molar refractivity (Wildman–Crippen MR) is 81.9 cm³/mol. The summed E-state index contributed by atoms with van der Waals surface area (Å²) in [4.78, 5) is 11.9. The molecule has 1 aromatic heterocycles. The summed E-state index contributed by atoms with van der Waals surface area (Å²) in [5.74, 6) is 0.684. The Morgan fingerprint density at radius 3 is 2.79 bits per heavy atom. The molecule has 0 fully saturated rings. The second-order valence-electron chi connectivity index (χ2n) is 3.98. The number of nitrogens with one attached hydrogen (secondary N) is 1. The second-order valence-corrected chi connectivity index (χ2v) is 5.75. The summed E-state index contributed by atoms with van der Waals surface area (Å²) < 4.78 is 6.77. The number of carbonyl (C=O) groups is 1. The molecule has 0 atom stereocenters. The van der Waals surface area contributed by atoms with E-state index in [0.717, 1.165) is 14.7 Å². The summed E-state index contributed by atoms with van der Waals surface area (Å²) >= 11 is 6.71. The standard InChI is InChI=1S/C13H12Br2N2O2/c14-8-6-10(15)13(11(16)7-8)17-12(18)4-3-9-2-1-5-19-9/h1-2,5-7H,3-4,16H2,(H,17,18). The third-order valence-corrected chi connectivity index (χ3v) is 3.61. The fraction of sp³-hybridized carbons (Fsp3) is 0.154. The van der Waals surface area contributed by atoms with Crippen LogP contribution in [0.1, 0.15) is 12.2 Å². The first-order chi connectivity index (χ1) is 9.06. The smallest absolute Gasteiger partial charge is 0.224 e. The molecule has 0 radical (unpaired) electrons. The van der Waals surface area contributed by atoms with Crippen LogP contribution in [0.15, 0.2) is 43.9 Å². The van der Waals surface area contributed by atoms with Crippen LogP contribution in [0.25, 0.3) is 0 Å². The fourth-order valence-corrected chi connectivity index (χ4v) is 2.98. The van der Waals surface area contributed by atoms with Gasteiger partial charge in [0.2, 0.25) is 5.91 Å². The summed E-state index contributed by atoms with van der Waals surface area (Å²) in [6.07, 6.45) is 2.50. The van der Waals surface area contributed by atoms with Crippen LogP contribution in [-0.2, 0) is 11.2 Å². The number of halogens is 2. The molecule has 2 rings (SSSR count). The number of rotatable bonds is 4. The first kappa shape index (κ1) is 14.1. The van der Waals surface area contributed by atoms with Crippen LogP contribution in [0.3, 0.4) is 0 Å². The van der Waals surface area contributed by atoms with Crippen molar-refractivity contribution < 1.29 is 9.21 Å². The summed E-state index contributed by atoms with van der Waals surface area (Å²) in [5.41, 5.74) is 6.97. The van der Waals surface area contributed by atoms with E-state index >= 15 is 0 Å². The number of aryl methyl sites for hydroxylation is 1. The van der Waals surface area contributed by atoms with Crippen LogP contribution in [-0.4, -0.2) is 5.91 Å². The van der Waals surface area contributed by atoms with Crippen LogP contribution >= 0.6 is 31.9 Å². The molecule has 4 nitrogen and oxygen atoms in total. The van der Waals surface area contributed by atoms with Crippen LogP contribution in [0, 0.1) is 0 Å². The molecule has 2 aromatic rings. The number of benzene rings is 1. The normalized spacial score (nSPS) is 10.4. The lowest BCUT2D eigenvalue weighted by Gasteiger charge is -2.10. The molecule has 100 valence electrons. The molecule has 0 bridgehead atoms.